The van der Waals surface area contributed by atoms with Gasteiger partial charge in [0.15, 0.2) is 0 Å². The molecule has 150 valence electrons. The predicted octanol–water partition coefficient (Wildman–Crippen LogP) is 2.42. The number of hydrogen-bond acceptors (Lipinski definition) is 7. The third-order valence-electron chi connectivity index (χ3n) is 4.66. The average molecular weight is 402 g/mol. The molecule has 1 aromatic heterocycles. The molecule has 0 saturated carbocycles. The minimum atomic E-state index is -1.01. The fourth-order valence-corrected chi connectivity index (χ4v) is 3.22. The van der Waals surface area contributed by atoms with Crippen molar-refractivity contribution in [3.63, 3.8) is 0 Å². The molecule has 0 bridgehead atoms. The van der Waals surface area contributed by atoms with Gasteiger partial charge in [-0.1, -0.05) is 5.10 Å². The van der Waals surface area contributed by atoms with Gasteiger partial charge in [-0.05, 0) is 24.3 Å². The number of carbonyl (C=O) groups excluding carboxylic acids is 1. The molecule has 1 aliphatic heterocycles. The lowest BCUT2D eigenvalue weighted by atomic mass is 9.93. The number of halogens is 2. The van der Waals surface area contributed by atoms with E-state index in [9.17, 15) is 18.7 Å². The lowest BCUT2D eigenvalue weighted by Crippen LogP contribution is -2.33. The summed E-state index contributed by atoms with van der Waals surface area (Å²) >= 11 is 0. The Kier molecular flexibility index (Phi) is 4.75. The van der Waals surface area contributed by atoms with E-state index in [0.29, 0.717) is 5.56 Å². The molecule has 3 N–H and O–H groups in total. The van der Waals surface area contributed by atoms with Gasteiger partial charge in [-0.15, -0.1) is 5.10 Å². The number of phenols is 1. The van der Waals surface area contributed by atoms with Gasteiger partial charge in [-0.2, -0.15) is 0 Å². The molecule has 10 heteroatoms. The van der Waals surface area contributed by atoms with Gasteiger partial charge in [0.1, 0.15) is 29.2 Å². The molecular formula is C19H16F2N4O4. The minimum Gasteiger partial charge on any atom is -0.508 e. The summed E-state index contributed by atoms with van der Waals surface area (Å²) in [5, 5.41) is 22.4. The molecule has 29 heavy (non-hydrogen) atoms. The predicted molar refractivity (Wildman–Crippen MR) is 97.5 cm³/mol. The molecule has 8 nitrogen and oxygen atoms in total. The van der Waals surface area contributed by atoms with Gasteiger partial charge in [0, 0.05) is 35.7 Å². The van der Waals surface area contributed by atoms with Crippen LogP contribution >= 0.6 is 0 Å². The summed E-state index contributed by atoms with van der Waals surface area (Å²) in [6, 6.07) is 7.13. The monoisotopic (exact) mass is 402 g/mol. The van der Waals surface area contributed by atoms with Crippen LogP contribution in [0.2, 0.25) is 0 Å². The highest BCUT2D eigenvalue weighted by molar-refractivity contribution is 5.88. The number of benzene rings is 2. The standard InChI is InChI=1S/C19H16F2N4O4/c1-28-11-6-13(20)15(14(21)7-11)12-8-22-17(27)16(12)23-19-25-24-18(29-19)9-2-4-10(26)5-3-9/h2-7,12,16,26H,8H2,1H3,(H,22,27)(H,23,25). The second kappa shape index (κ2) is 7.38. The third kappa shape index (κ3) is 3.56. The summed E-state index contributed by atoms with van der Waals surface area (Å²) in [7, 11) is 1.31. The summed E-state index contributed by atoms with van der Waals surface area (Å²) < 4.78 is 39.3. The average Bonchev–Trinajstić information content (AvgIpc) is 3.30. The first kappa shape index (κ1) is 18.7. The first-order valence-electron chi connectivity index (χ1n) is 8.66. The van der Waals surface area contributed by atoms with E-state index < -0.39 is 29.5 Å². The number of hydrogen-bond donors (Lipinski definition) is 3. The van der Waals surface area contributed by atoms with Gasteiger partial charge in [-0.25, -0.2) is 8.78 Å². The highest BCUT2D eigenvalue weighted by atomic mass is 19.1. The number of amides is 1. The summed E-state index contributed by atoms with van der Waals surface area (Å²) in [6.45, 7) is 0.0373. The maximum Gasteiger partial charge on any atom is 0.316 e. The molecule has 2 unspecified atom stereocenters. The van der Waals surface area contributed by atoms with Crippen LogP contribution in [-0.4, -0.2) is 40.9 Å². The van der Waals surface area contributed by atoms with E-state index in [1.807, 2.05) is 0 Å². The zero-order valence-electron chi connectivity index (χ0n) is 15.1. The lowest BCUT2D eigenvalue weighted by molar-refractivity contribution is -0.119. The molecule has 1 amide bonds. The van der Waals surface area contributed by atoms with Crippen molar-refractivity contribution >= 4 is 11.9 Å². The van der Waals surface area contributed by atoms with Crippen LogP contribution in [0.4, 0.5) is 14.8 Å². The number of aromatic hydroxyl groups is 1. The molecule has 1 fully saturated rings. The van der Waals surface area contributed by atoms with Crippen LogP contribution in [0.5, 0.6) is 11.5 Å². The number of phenolic OH excluding ortho intramolecular Hbond substituents is 1. The molecule has 0 radical (unpaired) electrons. The van der Waals surface area contributed by atoms with E-state index in [1.54, 1.807) is 12.1 Å². The SMILES string of the molecule is COc1cc(F)c(C2CNC(=O)C2Nc2nnc(-c3ccc(O)cc3)o2)c(F)c1. The van der Waals surface area contributed by atoms with Gasteiger partial charge in [0.2, 0.25) is 11.8 Å². The summed E-state index contributed by atoms with van der Waals surface area (Å²) in [5.41, 5.74) is 0.322. The van der Waals surface area contributed by atoms with Crippen LogP contribution in [0.1, 0.15) is 11.5 Å². The number of anilines is 1. The topological polar surface area (TPSA) is 110 Å². The van der Waals surface area contributed by atoms with Crippen molar-refractivity contribution in [3.8, 4) is 23.0 Å². The van der Waals surface area contributed by atoms with Crippen molar-refractivity contribution < 1.29 is 27.8 Å². The van der Waals surface area contributed by atoms with Crippen LogP contribution in [0.3, 0.4) is 0 Å². The van der Waals surface area contributed by atoms with E-state index >= 15 is 0 Å². The molecule has 4 rings (SSSR count). The molecule has 3 aromatic rings. The highest BCUT2D eigenvalue weighted by Gasteiger charge is 2.40. The number of aromatic nitrogens is 2. The van der Waals surface area contributed by atoms with Gasteiger partial charge >= 0.3 is 6.01 Å². The Balaban J connectivity index is 1.59. The second-order valence-corrected chi connectivity index (χ2v) is 6.44. The van der Waals surface area contributed by atoms with Crippen molar-refractivity contribution in [3.05, 3.63) is 53.6 Å². The minimum absolute atomic E-state index is 0.0373. The van der Waals surface area contributed by atoms with Crippen molar-refractivity contribution in [2.24, 2.45) is 0 Å². The van der Waals surface area contributed by atoms with Crippen LogP contribution in [-0.2, 0) is 4.79 Å². The largest absolute Gasteiger partial charge is 0.508 e. The molecule has 2 atom stereocenters. The van der Waals surface area contributed by atoms with E-state index in [2.05, 4.69) is 20.8 Å². The first-order valence-corrected chi connectivity index (χ1v) is 8.66. The Morgan fingerprint density at radius 1 is 1.21 bits per heavy atom. The van der Waals surface area contributed by atoms with Crippen molar-refractivity contribution in [1.29, 1.82) is 0 Å². The zero-order chi connectivity index (χ0) is 20.5. The van der Waals surface area contributed by atoms with Crippen LogP contribution in [0.15, 0.2) is 40.8 Å². The van der Waals surface area contributed by atoms with Gasteiger partial charge < -0.3 is 24.9 Å². The van der Waals surface area contributed by atoms with Crippen molar-refractivity contribution in [2.45, 2.75) is 12.0 Å². The van der Waals surface area contributed by atoms with Gasteiger partial charge in [0.05, 0.1) is 7.11 Å². The number of nitrogens with zero attached hydrogens (tertiary/aromatic N) is 2. The molecule has 1 aliphatic rings. The fourth-order valence-electron chi connectivity index (χ4n) is 3.22. The highest BCUT2D eigenvalue weighted by Crippen LogP contribution is 2.33. The van der Waals surface area contributed by atoms with Crippen LogP contribution in [0.25, 0.3) is 11.5 Å². The quantitative estimate of drug-likeness (QED) is 0.601. The maximum atomic E-state index is 14.5. The van der Waals surface area contributed by atoms with Gasteiger partial charge in [0.25, 0.3) is 0 Å². The number of carbonyl (C=O) groups is 1. The molecule has 1 saturated heterocycles. The molecule has 2 heterocycles. The number of methoxy groups -OCH3 is 1. The fraction of sp³-hybridized carbons (Fsp3) is 0.211. The zero-order valence-corrected chi connectivity index (χ0v) is 15.1. The Morgan fingerprint density at radius 3 is 2.55 bits per heavy atom. The second-order valence-electron chi connectivity index (χ2n) is 6.44. The van der Waals surface area contributed by atoms with Crippen molar-refractivity contribution in [2.75, 3.05) is 19.0 Å². The van der Waals surface area contributed by atoms with E-state index in [4.69, 9.17) is 9.15 Å². The smallest absolute Gasteiger partial charge is 0.316 e. The van der Waals surface area contributed by atoms with Crippen molar-refractivity contribution in [1.82, 2.24) is 15.5 Å². The van der Waals surface area contributed by atoms with E-state index in [1.165, 1.54) is 19.2 Å². The van der Waals surface area contributed by atoms with Crippen LogP contribution in [0, 0.1) is 11.6 Å². The Hall–Kier alpha value is -3.69. The Labute approximate surface area is 163 Å². The van der Waals surface area contributed by atoms with E-state index in [-0.39, 0.29) is 35.5 Å². The summed E-state index contributed by atoms with van der Waals surface area (Å²) in [6.07, 6.45) is 0. The third-order valence-corrected chi connectivity index (χ3v) is 4.66. The molecular weight excluding hydrogens is 386 g/mol. The summed E-state index contributed by atoms with van der Waals surface area (Å²) in [4.78, 5) is 12.3. The van der Waals surface area contributed by atoms with Crippen LogP contribution < -0.4 is 15.4 Å². The normalized spacial score (nSPS) is 18.5. The van der Waals surface area contributed by atoms with E-state index in [0.717, 1.165) is 12.1 Å². The lowest BCUT2D eigenvalue weighted by Gasteiger charge is -2.19. The molecule has 0 spiro atoms. The summed E-state index contributed by atoms with van der Waals surface area (Å²) in [5.74, 6) is -2.63. The maximum absolute atomic E-state index is 14.5. The molecule has 2 aromatic carbocycles. The Morgan fingerprint density at radius 2 is 1.90 bits per heavy atom. The number of rotatable bonds is 5. The number of nitrogens with one attached hydrogen (secondary N) is 2. The number of ether oxygens (including phenoxy) is 1. The molecule has 0 aliphatic carbocycles. The van der Waals surface area contributed by atoms with Gasteiger partial charge in [-0.3, -0.25) is 4.79 Å². The Bertz CT molecular complexity index is 1030. The first-order chi connectivity index (χ1) is 14.0.